The lowest BCUT2D eigenvalue weighted by atomic mass is 9.94. The first-order valence-electron chi connectivity index (χ1n) is 16.4. The fraction of sp³-hybridized carbons (Fsp3) is 0. The van der Waals surface area contributed by atoms with E-state index in [0.717, 1.165) is 55.1 Å². The van der Waals surface area contributed by atoms with Crippen molar-refractivity contribution in [3.05, 3.63) is 164 Å². The van der Waals surface area contributed by atoms with Crippen LogP contribution in [-0.4, -0.2) is 15.0 Å². The molecule has 0 saturated heterocycles. The van der Waals surface area contributed by atoms with Gasteiger partial charge in [0, 0.05) is 27.5 Å². The van der Waals surface area contributed by atoms with Gasteiger partial charge in [-0.05, 0) is 61.6 Å². The van der Waals surface area contributed by atoms with Crippen molar-refractivity contribution in [3.8, 4) is 45.3 Å². The summed E-state index contributed by atoms with van der Waals surface area (Å²) < 4.78 is 6.47. The Bertz CT molecular complexity index is 2880. The molecule has 10 aromatic rings. The normalized spacial score (nSPS) is 11.7. The number of aromatic nitrogens is 3. The van der Waals surface area contributed by atoms with Crippen molar-refractivity contribution in [1.82, 2.24) is 15.0 Å². The SMILES string of the molecule is c1ccc(-c2ccc3c(c2)oc2cccc(-c4nc(-c5ccccc5)nc(-c5cccc6c5ccc5ccc7ccccc7c56)n4)c23)cc1. The maximum atomic E-state index is 6.47. The van der Waals surface area contributed by atoms with Crippen molar-refractivity contribution in [2.75, 3.05) is 0 Å². The van der Waals surface area contributed by atoms with Gasteiger partial charge in [-0.25, -0.2) is 15.0 Å². The standard InChI is InChI=1S/C45H27N3O/c1-3-11-28(12-4-1)32-24-26-37-40(27-32)49-39-20-10-19-38(42(37)39)45-47-43(31-14-5-2-6-15-31)46-44(48-45)36-18-9-17-35-34(36)25-23-30-22-21-29-13-7-8-16-33(29)41(30)35/h1-27H. The summed E-state index contributed by atoms with van der Waals surface area (Å²) in [5.74, 6) is 1.86. The largest absolute Gasteiger partial charge is 0.456 e. The molecule has 0 aliphatic carbocycles. The van der Waals surface area contributed by atoms with Crippen molar-refractivity contribution in [2.24, 2.45) is 0 Å². The van der Waals surface area contributed by atoms with Crippen LogP contribution in [0.3, 0.4) is 0 Å². The van der Waals surface area contributed by atoms with Crippen molar-refractivity contribution >= 4 is 54.3 Å². The number of fused-ring (bicyclic) bond motifs is 8. The molecular formula is C45H27N3O. The van der Waals surface area contributed by atoms with E-state index < -0.39 is 0 Å². The van der Waals surface area contributed by atoms with Gasteiger partial charge in [-0.15, -0.1) is 0 Å². The fourth-order valence-electron chi connectivity index (χ4n) is 7.21. The molecule has 2 aromatic heterocycles. The van der Waals surface area contributed by atoms with Crippen LogP contribution in [0.1, 0.15) is 0 Å². The van der Waals surface area contributed by atoms with Gasteiger partial charge in [-0.2, -0.15) is 0 Å². The highest BCUT2D eigenvalue weighted by molar-refractivity contribution is 6.22. The van der Waals surface area contributed by atoms with Crippen LogP contribution in [0.2, 0.25) is 0 Å². The molecule has 0 aliphatic rings. The summed E-state index contributed by atoms with van der Waals surface area (Å²) in [6, 6.07) is 56.8. The minimum absolute atomic E-state index is 0.604. The second-order valence-electron chi connectivity index (χ2n) is 12.4. The van der Waals surface area contributed by atoms with Crippen LogP contribution in [0.15, 0.2) is 168 Å². The Labute approximate surface area is 282 Å². The molecule has 8 aromatic carbocycles. The van der Waals surface area contributed by atoms with Crippen LogP contribution < -0.4 is 0 Å². The Morgan fingerprint density at radius 1 is 0.327 bits per heavy atom. The molecular weight excluding hydrogens is 599 g/mol. The second-order valence-corrected chi connectivity index (χ2v) is 12.4. The molecule has 49 heavy (non-hydrogen) atoms. The first-order chi connectivity index (χ1) is 24.3. The van der Waals surface area contributed by atoms with Crippen molar-refractivity contribution in [2.45, 2.75) is 0 Å². The Kier molecular flexibility index (Phi) is 6.15. The van der Waals surface area contributed by atoms with Gasteiger partial charge in [-0.1, -0.05) is 146 Å². The highest BCUT2D eigenvalue weighted by Crippen LogP contribution is 2.40. The number of benzene rings is 8. The zero-order valence-electron chi connectivity index (χ0n) is 26.3. The Hall–Kier alpha value is -6.65. The third kappa shape index (κ3) is 4.49. The monoisotopic (exact) mass is 625 g/mol. The van der Waals surface area contributed by atoms with Gasteiger partial charge in [0.2, 0.25) is 0 Å². The van der Waals surface area contributed by atoms with Gasteiger partial charge in [-0.3, -0.25) is 0 Å². The van der Waals surface area contributed by atoms with Crippen LogP contribution in [-0.2, 0) is 0 Å². The van der Waals surface area contributed by atoms with E-state index >= 15 is 0 Å². The number of hydrogen-bond acceptors (Lipinski definition) is 4. The molecule has 0 aliphatic heterocycles. The van der Waals surface area contributed by atoms with Gasteiger partial charge < -0.3 is 4.42 Å². The molecule has 228 valence electrons. The smallest absolute Gasteiger partial charge is 0.164 e. The van der Waals surface area contributed by atoms with E-state index in [1.165, 1.54) is 26.9 Å². The summed E-state index contributed by atoms with van der Waals surface area (Å²) in [5, 5.41) is 9.19. The highest BCUT2D eigenvalue weighted by Gasteiger charge is 2.19. The fourth-order valence-corrected chi connectivity index (χ4v) is 7.21. The molecule has 0 fully saturated rings. The Morgan fingerprint density at radius 3 is 1.82 bits per heavy atom. The van der Waals surface area contributed by atoms with Gasteiger partial charge in [0.05, 0.1) is 0 Å². The third-order valence-corrected chi connectivity index (χ3v) is 9.52. The summed E-state index contributed by atoms with van der Waals surface area (Å²) in [5.41, 5.74) is 6.68. The summed E-state index contributed by atoms with van der Waals surface area (Å²) in [7, 11) is 0. The summed E-state index contributed by atoms with van der Waals surface area (Å²) >= 11 is 0. The van der Waals surface area contributed by atoms with E-state index in [9.17, 15) is 0 Å². The molecule has 0 N–H and O–H groups in total. The zero-order valence-corrected chi connectivity index (χ0v) is 26.3. The molecule has 4 nitrogen and oxygen atoms in total. The predicted molar refractivity (Wildman–Crippen MR) is 201 cm³/mol. The minimum Gasteiger partial charge on any atom is -0.456 e. The molecule has 0 bridgehead atoms. The first-order valence-corrected chi connectivity index (χ1v) is 16.4. The maximum Gasteiger partial charge on any atom is 0.164 e. The van der Waals surface area contributed by atoms with Gasteiger partial charge in [0.1, 0.15) is 11.2 Å². The molecule has 0 spiro atoms. The molecule has 0 saturated carbocycles. The first kappa shape index (κ1) is 27.5. The van der Waals surface area contributed by atoms with E-state index in [1.54, 1.807) is 0 Å². The van der Waals surface area contributed by atoms with E-state index in [4.69, 9.17) is 19.4 Å². The van der Waals surface area contributed by atoms with Crippen LogP contribution in [0, 0.1) is 0 Å². The lowest BCUT2D eigenvalue weighted by molar-refractivity contribution is 0.669. The molecule has 0 atom stereocenters. The second kappa shape index (κ2) is 11.0. The Morgan fingerprint density at radius 2 is 0.959 bits per heavy atom. The number of rotatable bonds is 4. The van der Waals surface area contributed by atoms with E-state index in [-0.39, 0.29) is 0 Å². The van der Waals surface area contributed by atoms with Gasteiger partial charge in [0.15, 0.2) is 17.5 Å². The topological polar surface area (TPSA) is 51.8 Å². The lowest BCUT2D eigenvalue weighted by Gasteiger charge is -2.13. The van der Waals surface area contributed by atoms with Crippen LogP contribution in [0.25, 0.3) is 99.5 Å². The van der Waals surface area contributed by atoms with Crippen molar-refractivity contribution in [1.29, 1.82) is 0 Å². The van der Waals surface area contributed by atoms with E-state index in [2.05, 4.69) is 115 Å². The van der Waals surface area contributed by atoms with E-state index in [0.29, 0.717) is 17.5 Å². The summed E-state index contributed by atoms with van der Waals surface area (Å²) in [6.45, 7) is 0. The van der Waals surface area contributed by atoms with Gasteiger partial charge in [0.25, 0.3) is 0 Å². The molecule has 0 unspecified atom stereocenters. The van der Waals surface area contributed by atoms with Crippen molar-refractivity contribution < 1.29 is 4.42 Å². The molecule has 2 heterocycles. The molecule has 0 amide bonds. The van der Waals surface area contributed by atoms with Crippen molar-refractivity contribution in [3.63, 3.8) is 0 Å². The number of furan rings is 1. The number of nitrogens with zero attached hydrogens (tertiary/aromatic N) is 3. The summed E-state index contributed by atoms with van der Waals surface area (Å²) in [4.78, 5) is 15.5. The molecule has 4 heteroatoms. The lowest BCUT2D eigenvalue weighted by Crippen LogP contribution is -2.01. The average Bonchev–Trinajstić information content (AvgIpc) is 3.56. The Balaban J connectivity index is 1.22. The zero-order chi connectivity index (χ0) is 32.3. The molecule has 0 radical (unpaired) electrons. The third-order valence-electron chi connectivity index (χ3n) is 9.52. The van der Waals surface area contributed by atoms with Crippen LogP contribution in [0.4, 0.5) is 0 Å². The predicted octanol–water partition coefficient (Wildman–Crippen LogP) is 11.9. The molecule has 10 rings (SSSR count). The average molecular weight is 626 g/mol. The summed E-state index contributed by atoms with van der Waals surface area (Å²) in [6.07, 6.45) is 0. The maximum absolute atomic E-state index is 6.47. The highest BCUT2D eigenvalue weighted by atomic mass is 16.3. The quantitative estimate of drug-likeness (QED) is 0.183. The number of hydrogen-bond donors (Lipinski definition) is 0. The van der Waals surface area contributed by atoms with Crippen LogP contribution >= 0.6 is 0 Å². The van der Waals surface area contributed by atoms with Gasteiger partial charge >= 0.3 is 0 Å². The van der Waals surface area contributed by atoms with Crippen LogP contribution in [0.5, 0.6) is 0 Å². The van der Waals surface area contributed by atoms with E-state index in [1.807, 2.05) is 48.5 Å². The minimum atomic E-state index is 0.604.